The predicted octanol–water partition coefficient (Wildman–Crippen LogP) is 4.02. The molecule has 0 saturated carbocycles. The van der Waals surface area contributed by atoms with Gasteiger partial charge in [0.15, 0.2) is 5.13 Å². The number of anilines is 1. The molecule has 0 atom stereocenters. The Morgan fingerprint density at radius 2 is 1.96 bits per heavy atom. The van der Waals surface area contributed by atoms with E-state index in [1.54, 1.807) is 18.1 Å². The van der Waals surface area contributed by atoms with Gasteiger partial charge >= 0.3 is 0 Å². The van der Waals surface area contributed by atoms with Gasteiger partial charge in [-0.05, 0) is 24.3 Å². The van der Waals surface area contributed by atoms with Crippen molar-refractivity contribution in [2.45, 2.75) is 6.42 Å². The summed E-state index contributed by atoms with van der Waals surface area (Å²) in [5.41, 5.74) is 2.49. The van der Waals surface area contributed by atoms with Gasteiger partial charge in [-0.25, -0.2) is 9.97 Å². The van der Waals surface area contributed by atoms with E-state index in [1.807, 2.05) is 47.8 Å². The first kappa shape index (κ1) is 15.9. The number of likely N-dealkylation sites (N-methyl/N-ethyl adjacent to an activating group) is 1. The van der Waals surface area contributed by atoms with Crippen molar-refractivity contribution in [1.29, 1.82) is 0 Å². The zero-order valence-electron chi connectivity index (χ0n) is 13.4. The smallest absolute Gasteiger partial charge is 0.234 e. The summed E-state index contributed by atoms with van der Waals surface area (Å²) < 4.78 is 1.07. The highest BCUT2D eigenvalue weighted by atomic mass is 32.1. The molecule has 3 heterocycles. The Kier molecular flexibility index (Phi) is 4.25. The van der Waals surface area contributed by atoms with Crippen LogP contribution in [0.2, 0.25) is 0 Å². The zero-order chi connectivity index (χ0) is 17.2. The third-order valence-corrected chi connectivity index (χ3v) is 5.74. The number of pyridine rings is 1. The number of para-hydroxylation sites is 1. The first-order valence-electron chi connectivity index (χ1n) is 7.68. The van der Waals surface area contributed by atoms with Gasteiger partial charge in [-0.15, -0.1) is 11.3 Å². The molecule has 1 amide bonds. The van der Waals surface area contributed by atoms with Crippen molar-refractivity contribution in [2.24, 2.45) is 0 Å². The molecule has 0 aliphatic rings. The number of amides is 1. The lowest BCUT2D eigenvalue weighted by atomic mass is 10.3. The summed E-state index contributed by atoms with van der Waals surface area (Å²) in [6.45, 7) is 0. The number of benzene rings is 1. The van der Waals surface area contributed by atoms with Crippen LogP contribution in [-0.2, 0) is 11.2 Å². The molecule has 4 rings (SSSR count). The Morgan fingerprint density at radius 3 is 2.76 bits per heavy atom. The number of carbonyl (C=O) groups is 1. The fourth-order valence-electron chi connectivity index (χ4n) is 2.38. The van der Waals surface area contributed by atoms with E-state index in [2.05, 4.69) is 15.0 Å². The molecule has 0 spiro atoms. The Hall–Kier alpha value is -2.64. The van der Waals surface area contributed by atoms with Crippen LogP contribution in [0.15, 0.2) is 54.0 Å². The topological polar surface area (TPSA) is 59.0 Å². The van der Waals surface area contributed by atoms with E-state index in [1.165, 1.54) is 22.7 Å². The lowest BCUT2D eigenvalue weighted by Gasteiger charge is -2.12. The van der Waals surface area contributed by atoms with Gasteiger partial charge in [-0.1, -0.05) is 29.5 Å². The minimum absolute atomic E-state index is 0.0306. The summed E-state index contributed by atoms with van der Waals surface area (Å²) in [4.78, 5) is 27.5. The quantitative estimate of drug-likeness (QED) is 0.547. The minimum atomic E-state index is -0.0306. The highest BCUT2D eigenvalue weighted by Crippen LogP contribution is 2.28. The molecule has 0 N–H and O–H groups in total. The molecule has 7 heteroatoms. The molecule has 0 aliphatic carbocycles. The van der Waals surface area contributed by atoms with Crippen LogP contribution in [-0.4, -0.2) is 27.9 Å². The second-order valence-electron chi connectivity index (χ2n) is 5.45. The molecule has 0 unspecified atom stereocenters. The van der Waals surface area contributed by atoms with Crippen LogP contribution in [0.3, 0.4) is 0 Å². The Balaban J connectivity index is 1.51. The van der Waals surface area contributed by atoms with Gasteiger partial charge in [-0.2, -0.15) is 0 Å². The van der Waals surface area contributed by atoms with E-state index < -0.39 is 0 Å². The lowest BCUT2D eigenvalue weighted by Crippen LogP contribution is -2.27. The van der Waals surface area contributed by atoms with E-state index in [0.29, 0.717) is 5.13 Å². The Labute approximate surface area is 152 Å². The monoisotopic (exact) mass is 366 g/mol. The van der Waals surface area contributed by atoms with Gasteiger partial charge in [0.25, 0.3) is 0 Å². The highest BCUT2D eigenvalue weighted by molar-refractivity contribution is 7.22. The Bertz CT molecular complexity index is 993. The van der Waals surface area contributed by atoms with Gasteiger partial charge in [0.2, 0.25) is 5.91 Å². The molecule has 4 aromatic rings. The number of aromatic nitrogens is 3. The summed E-state index contributed by atoms with van der Waals surface area (Å²) in [7, 11) is 1.76. The minimum Gasteiger partial charge on any atom is -0.291 e. The van der Waals surface area contributed by atoms with Crippen LogP contribution in [0.4, 0.5) is 5.13 Å². The van der Waals surface area contributed by atoms with Crippen molar-refractivity contribution >= 4 is 43.9 Å². The number of rotatable bonds is 4. The maximum Gasteiger partial charge on any atom is 0.234 e. The van der Waals surface area contributed by atoms with Crippen molar-refractivity contribution in [3.63, 3.8) is 0 Å². The predicted molar refractivity (Wildman–Crippen MR) is 102 cm³/mol. The van der Waals surface area contributed by atoms with Crippen molar-refractivity contribution in [3.05, 3.63) is 59.7 Å². The second-order valence-corrected chi connectivity index (χ2v) is 7.32. The molecule has 0 radical (unpaired) electrons. The molecule has 124 valence electrons. The van der Waals surface area contributed by atoms with E-state index >= 15 is 0 Å². The third-order valence-electron chi connectivity index (χ3n) is 3.71. The van der Waals surface area contributed by atoms with Crippen molar-refractivity contribution in [2.75, 3.05) is 11.9 Å². The summed E-state index contributed by atoms with van der Waals surface area (Å²) in [6.07, 6.45) is 1.98. The van der Waals surface area contributed by atoms with Crippen LogP contribution in [0, 0.1) is 0 Å². The fourth-order valence-corrected chi connectivity index (χ4v) is 4.12. The normalized spacial score (nSPS) is 10.9. The number of fused-ring (bicyclic) bond motifs is 1. The van der Waals surface area contributed by atoms with Crippen LogP contribution in [0.5, 0.6) is 0 Å². The van der Waals surface area contributed by atoms with Crippen LogP contribution in [0.25, 0.3) is 20.9 Å². The summed E-state index contributed by atoms with van der Waals surface area (Å²) in [5.74, 6) is -0.0306. The van der Waals surface area contributed by atoms with Gasteiger partial charge in [0.1, 0.15) is 5.01 Å². The lowest BCUT2D eigenvalue weighted by molar-refractivity contribution is -0.117. The molecule has 25 heavy (non-hydrogen) atoms. The van der Waals surface area contributed by atoms with Gasteiger partial charge < -0.3 is 0 Å². The average Bonchev–Trinajstić information content (AvgIpc) is 3.28. The van der Waals surface area contributed by atoms with Crippen molar-refractivity contribution in [3.8, 4) is 10.7 Å². The second kappa shape index (κ2) is 6.70. The van der Waals surface area contributed by atoms with Gasteiger partial charge in [0, 0.05) is 18.6 Å². The summed E-state index contributed by atoms with van der Waals surface area (Å²) >= 11 is 3.01. The maximum atomic E-state index is 12.6. The molecule has 0 bridgehead atoms. The molecular weight excluding hydrogens is 352 g/mol. The number of nitrogens with zero attached hydrogens (tertiary/aromatic N) is 4. The van der Waals surface area contributed by atoms with Crippen LogP contribution in [0.1, 0.15) is 5.69 Å². The van der Waals surface area contributed by atoms with Crippen LogP contribution >= 0.6 is 22.7 Å². The first-order chi connectivity index (χ1) is 12.2. The molecular formula is C18H14N4OS2. The van der Waals surface area contributed by atoms with Crippen molar-refractivity contribution in [1.82, 2.24) is 15.0 Å². The average molecular weight is 366 g/mol. The number of hydrogen-bond donors (Lipinski definition) is 0. The highest BCUT2D eigenvalue weighted by Gasteiger charge is 2.17. The summed E-state index contributed by atoms with van der Waals surface area (Å²) in [6, 6.07) is 13.6. The van der Waals surface area contributed by atoms with Gasteiger partial charge in [0.05, 0.1) is 28.0 Å². The molecule has 5 nitrogen and oxygen atoms in total. The largest absolute Gasteiger partial charge is 0.291 e. The van der Waals surface area contributed by atoms with Gasteiger partial charge in [-0.3, -0.25) is 14.7 Å². The molecule has 3 aromatic heterocycles. The van der Waals surface area contributed by atoms with E-state index in [9.17, 15) is 4.79 Å². The van der Waals surface area contributed by atoms with Crippen molar-refractivity contribution < 1.29 is 4.79 Å². The van der Waals surface area contributed by atoms with Crippen LogP contribution < -0.4 is 4.90 Å². The standard InChI is InChI=1S/C18H14N4OS2/c1-22(18-21-13-6-2-3-8-15(13)25-18)16(23)10-12-11-24-17(20-12)14-7-4-5-9-19-14/h2-9,11H,10H2,1H3. The van der Waals surface area contributed by atoms with E-state index in [-0.39, 0.29) is 12.3 Å². The number of hydrogen-bond acceptors (Lipinski definition) is 6. The molecule has 0 fully saturated rings. The molecule has 0 saturated heterocycles. The molecule has 0 aliphatic heterocycles. The maximum absolute atomic E-state index is 12.6. The van der Waals surface area contributed by atoms with E-state index in [0.717, 1.165) is 26.6 Å². The SMILES string of the molecule is CN(C(=O)Cc1csc(-c2ccccn2)n1)c1nc2ccccc2s1. The third kappa shape index (κ3) is 3.29. The fraction of sp³-hybridized carbons (Fsp3) is 0.111. The van der Waals surface area contributed by atoms with E-state index in [4.69, 9.17) is 0 Å². The summed E-state index contributed by atoms with van der Waals surface area (Å²) in [5, 5.41) is 3.44. The first-order valence-corrected chi connectivity index (χ1v) is 9.38. The zero-order valence-corrected chi connectivity index (χ0v) is 15.0. The Morgan fingerprint density at radius 1 is 1.12 bits per heavy atom. The number of carbonyl (C=O) groups excluding carboxylic acids is 1. The number of thiazole rings is 2. The molecule has 1 aromatic carbocycles.